The molecule has 0 spiro atoms. The van der Waals surface area contributed by atoms with Crippen molar-refractivity contribution in [1.29, 1.82) is 0 Å². The zero-order valence-corrected chi connectivity index (χ0v) is 30.3. The normalized spacial score (nSPS) is 19.5. The Kier molecular flexibility index (Phi) is 11.3. The minimum atomic E-state index is -0.605. The molecule has 0 radical (unpaired) electrons. The van der Waals surface area contributed by atoms with Crippen LogP contribution in [0.2, 0.25) is 0 Å². The number of imide groups is 1. The minimum Gasteiger partial charge on any atom is -0.508 e. The van der Waals surface area contributed by atoms with Crippen molar-refractivity contribution >= 4 is 28.9 Å². The Balaban J connectivity index is 0.894. The third-order valence-corrected chi connectivity index (χ3v) is 10.5. The number of allylic oxidation sites excluding steroid dienone is 1. The first-order valence-electron chi connectivity index (χ1n) is 18.8. The van der Waals surface area contributed by atoms with E-state index >= 15 is 0 Å². The molecule has 4 aromatic rings. The van der Waals surface area contributed by atoms with Crippen LogP contribution < -0.4 is 10.1 Å². The van der Waals surface area contributed by atoms with Gasteiger partial charge in [0.15, 0.2) is 0 Å². The number of piperidine rings is 2. The van der Waals surface area contributed by atoms with Gasteiger partial charge in [-0.05, 0) is 108 Å². The molecule has 4 aromatic carbocycles. The molecule has 0 aromatic heterocycles. The van der Waals surface area contributed by atoms with Crippen molar-refractivity contribution < 1.29 is 29.0 Å². The number of rotatable bonds is 13. The molecule has 274 valence electrons. The molecule has 3 aliphatic rings. The minimum absolute atomic E-state index is 0.151. The van der Waals surface area contributed by atoms with Gasteiger partial charge >= 0.3 is 0 Å². The Morgan fingerprint density at radius 2 is 1.62 bits per heavy atom. The van der Waals surface area contributed by atoms with Gasteiger partial charge in [-0.2, -0.15) is 0 Å². The number of aromatic hydroxyl groups is 1. The molecule has 9 heteroatoms. The lowest BCUT2D eigenvalue weighted by molar-refractivity contribution is -0.136. The molecule has 9 nitrogen and oxygen atoms in total. The van der Waals surface area contributed by atoms with E-state index in [-0.39, 0.29) is 30.1 Å². The lowest BCUT2D eigenvalue weighted by Gasteiger charge is -2.32. The third kappa shape index (κ3) is 8.53. The number of fused-ring (bicyclic) bond motifs is 1. The third-order valence-electron chi connectivity index (χ3n) is 10.5. The molecule has 0 bridgehead atoms. The SMILES string of the molecule is CC/C(=C(\c1ccc(O)cc1)c1ccc(OCCN2CCCC(OCCc3ccc4c(c3)CN(C3CCC(=O)NC3=O)C4=O)C2)cc1)c1ccccc1. The smallest absolute Gasteiger partial charge is 0.255 e. The summed E-state index contributed by atoms with van der Waals surface area (Å²) in [7, 11) is 0. The van der Waals surface area contributed by atoms with Crippen LogP contribution in [0.25, 0.3) is 11.1 Å². The van der Waals surface area contributed by atoms with E-state index in [4.69, 9.17) is 9.47 Å². The Bertz CT molecular complexity index is 1960. The maximum atomic E-state index is 13.0. The fourth-order valence-corrected chi connectivity index (χ4v) is 7.80. The molecule has 0 saturated carbocycles. The number of carbonyl (C=O) groups excluding carboxylic acids is 3. The second kappa shape index (κ2) is 16.6. The average Bonchev–Trinajstić information content (AvgIpc) is 3.50. The number of nitrogens with zero attached hydrogens (tertiary/aromatic N) is 2. The van der Waals surface area contributed by atoms with Crippen LogP contribution in [0.15, 0.2) is 97.1 Å². The highest BCUT2D eigenvalue weighted by atomic mass is 16.5. The first-order chi connectivity index (χ1) is 25.9. The highest BCUT2D eigenvalue weighted by Gasteiger charge is 2.39. The number of phenolic OH excluding ortho intramolecular Hbond substituents is 1. The van der Waals surface area contributed by atoms with Gasteiger partial charge in [0.25, 0.3) is 5.91 Å². The number of phenols is 1. The Hall–Kier alpha value is -5.25. The summed E-state index contributed by atoms with van der Waals surface area (Å²) in [6.07, 6.45) is 4.47. The molecule has 2 saturated heterocycles. The molecule has 2 atom stereocenters. The fourth-order valence-electron chi connectivity index (χ4n) is 7.80. The summed E-state index contributed by atoms with van der Waals surface area (Å²) in [4.78, 5) is 41.0. The van der Waals surface area contributed by atoms with Gasteiger partial charge in [-0.25, -0.2) is 0 Å². The second-order valence-corrected chi connectivity index (χ2v) is 14.1. The zero-order chi connectivity index (χ0) is 36.7. The van der Waals surface area contributed by atoms with Crippen LogP contribution in [0.5, 0.6) is 11.5 Å². The number of likely N-dealkylation sites (tertiary alicyclic amines) is 1. The highest BCUT2D eigenvalue weighted by Crippen LogP contribution is 2.36. The summed E-state index contributed by atoms with van der Waals surface area (Å²) in [5.41, 5.74) is 8.38. The van der Waals surface area contributed by atoms with Crippen molar-refractivity contribution in [2.75, 3.05) is 32.8 Å². The number of amides is 3. The van der Waals surface area contributed by atoms with Crippen molar-refractivity contribution in [2.45, 2.75) is 64.1 Å². The van der Waals surface area contributed by atoms with E-state index in [1.807, 2.05) is 42.5 Å². The van der Waals surface area contributed by atoms with Crippen LogP contribution in [-0.2, 0) is 27.3 Å². The molecule has 2 fully saturated rings. The lowest BCUT2D eigenvalue weighted by atomic mass is 9.88. The summed E-state index contributed by atoms with van der Waals surface area (Å²) >= 11 is 0. The maximum Gasteiger partial charge on any atom is 0.255 e. The quantitative estimate of drug-likeness (QED) is 0.118. The average molecular weight is 714 g/mol. The van der Waals surface area contributed by atoms with Gasteiger partial charge in [-0.3, -0.25) is 24.6 Å². The van der Waals surface area contributed by atoms with E-state index in [2.05, 4.69) is 59.6 Å². The van der Waals surface area contributed by atoms with Crippen LogP contribution in [0.3, 0.4) is 0 Å². The van der Waals surface area contributed by atoms with Gasteiger partial charge in [0.05, 0.1) is 12.7 Å². The van der Waals surface area contributed by atoms with E-state index in [0.29, 0.717) is 31.7 Å². The predicted octanol–water partition coefficient (Wildman–Crippen LogP) is 6.62. The van der Waals surface area contributed by atoms with Crippen LogP contribution >= 0.6 is 0 Å². The van der Waals surface area contributed by atoms with Gasteiger partial charge in [0, 0.05) is 31.6 Å². The summed E-state index contributed by atoms with van der Waals surface area (Å²) in [6.45, 7) is 6.43. The van der Waals surface area contributed by atoms with Crippen molar-refractivity contribution in [1.82, 2.24) is 15.1 Å². The molecule has 3 heterocycles. The molecule has 3 amide bonds. The summed E-state index contributed by atoms with van der Waals surface area (Å²) < 4.78 is 12.6. The number of hydrogen-bond donors (Lipinski definition) is 2. The van der Waals surface area contributed by atoms with Crippen molar-refractivity contribution in [3.63, 3.8) is 0 Å². The number of ether oxygens (including phenoxy) is 2. The lowest BCUT2D eigenvalue weighted by Crippen LogP contribution is -2.52. The van der Waals surface area contributed by atoms with Gasteiger partial charge < -0.3 is 19.5 Å². The summed E-state index contributed by atoms with van der Waals surface area (Å²) in [6, 6.07) is 31.5. The van der Waals surface area contributed by atoms with Gasteiger partial charge in [0.2, 0.25) is 11.8 Å². The summed E-state index contributed by atoms with van der Waals surface area (Å²) in [5.74, 6) is 0.254. The summed E-state index contributed by atoms with van der Waals surface area (Å²) in [5, 5.41) is 12.3. The molecule has 3 aliphatic heterocycles. The van der Waals surface area contributed by atoms with E-state index < -0.39 is 11.9 Å². The highest BCUT2D eigenvalue weighted by molar-refractivity contribution is 6.05. The monoisotopic (exact) mass is 713 g/mol. The molecular formula is C44H47N3O6. The van der Waals surface area contributed by atoms with Crippen LogP contribution in [-0.4, -0.2) is 77.6 Å². The number of hydrogen-bond acceptors (Lipinski definition) is 7. The standard InChI is InChI=1S/C44H47N3O6/c1-2-38(31-7-4-3-5-8-31)42(32-11-15-35(48)16-12-32)33-13-17-36(18-14-33)53-26-24-46-23-6-9-37(29-46)52-25-22-30-10-19-39-34(27-30)28-47(44(39)51)40-20-21-41(49)45-43(40)50/h3-5,7-8,10-19,27,37,40,48H,2,6,9,20-26,28-29H2,1H3,(H,45,49,50)/b42-38-. The molecular weight excluding hydrogens is 666 g/mol. The maximum absolute atomic E-state index is 13.0. The Morgan fingerprint density at radius 1 is 0.868 bits per heavy atom. The molecule has 0 aliphatic carbocycles. The van der Waals surface area contributed by atoms with E-state index in [0.717, 1.165) is 78.9 Å². The number of nitrogens with one attached hydrogen (secondary N) is 1. The first-order valence-corrected chi connectivity index (χ1v) is 18.8. The van der Waals surface area contributed by atoms with Gasteiger partial charge in [-0.1, -0.05) is 73.7 Å². The van der Waals surface area contributed by atoms with Crippen LogP contribution in [0.4, 0.5) is 0 Å². The first kappa shape index (κ1) is 36.1. The molecule has 2 unspecified atom stereocenters. The zero-order valence-electron chi connectivity index (χ0n) is 30.3. The van der Waals surface area contributed by atoms with Gasteiger partial charge in [0.1, 0.15) is 24.1 Å². The van der Waals surface area contributed by atoms with Crippen molar-refractivity contribution in [3.8, 4) is 11.5 Å². The van der Waals surface area contributed by atoms with Crippen LogP contribution in [0, 0.1) is 0 Å². The van der Waals surface area contributed by atoms with Crippen molar-refractivity contribution in [2.24, 2.45) is 0 Å². The number of benzene rings is 4. The number of carbonyl (C=O) groups is 3. The van der Waals surface area contributed by atoms with E-state index in [1.165, 1.54) is 11.1 Å². The van der Waals surface area contributed by atoms with Crippen LogP contribution in [0.1, 0.15) is 77.2 Å². The Morgan fingerprint density at radius 3 is 2.36 bits per heavy atom. The van der Waals surface area contributed by atoms with E-state index in [9.17, 15) is 19.5 Å². The topological polar surface area (TPSA) is 108 Å². The second-order valence-electron chi connectivity index (χ2n) is 14.1. The molecule has 2 N–H and O–H groups in total. The predicted molar refractivity (Wildman–Crippen MR) is 204 cm³/mol. The van der Waals surface area contributed by atoms with Crippen molar-refractivity contribution in [3.05, 3.63) is 130 Å². The molecule has 53 heavy (non-hydrogen) atoms. The largest absolute Gasteiger partial charge is 0.508 e. The van der Waals surface area contributed by atoms with E-state index in [1.54, 1.807) is 17.0 Å². The Labute approximate surface area is 311 Å². The fraction of sp³-hybridized carbons (Fsp3) is 0.341. The molecule has 7 rings (SSSR count). The van der Waals surface area contributed by atoms with Gasteiger partial charge in [-0.15, -0.1) is 0 Å².